The van der Waals surface area contributed by atoms with Gasteiger partial charge in [0.05, 0.1) is 41.2 Å². The molecule has 4 aromatic rings. The molecule has 0 bridgehead atoms. The number of amides is 1. The van der Waals surface area contributed by atoms with Gasteiger partial charge in [0.25, 0.3) is 11.5 Å². The molecule has 1 saturated heterocycles. The van der Waals surface area contributed by atoms with E-state index >= 15 is 0 Å². The SMILES string of the molecule is CN1CC(F)(F)[C@@](O)(c2cc(-c3cccc(-c4ccnc(Nc5cnn6c5CCCC6)n4)n3)no2)C1=O. The summed E-state index contributed by atoms with van der Waals surface area (Å²) in [5.74, 6) is -5.18. The Kier molecular flexibility index (Phi) is 5.26. The standard InChI is InChI=1S/C24H22F2N8O3/c1-33-13-23(25,26)24(36,21(33)35)20-11-17(32-37-20)15-6-4-5-14(29-15)16-8-9-27-22(30-16)31-18-12-28-34-10-3-2-7-19(18)34/h4-6,8-9,11-12,36H,2-3,7,10,13H2,1H3,(H,27,30,31)/t24-/m1/s1. The van der Waals surface area contributed by atoms with Crippen LogP contribution >= 0.6 is 0 Å². The summed E-state index contributed by atoms with van der Waals surface area (Å²) < 4.78 is 36.0. The lowest BCUT2D eigenvalue weighted by molar-refractivity contribution is -0.179. The van der Waals surface area contributed by atoms with Gasteiger partial charge in [0.1, 0.15) is 5.69 Å². The minimum absolute atomic E-state index is 0.0855. The van der Waals surface area contributed by atoms with Gasteiger partial charge in [-0.15, -0.1) is 0 Å². The van der Waals surface area contributed by atoms with E-state index in [4.69, 9.17) is 4.52 Å². The molecule has 6 heterocycles. The fraction of sp³-hybridized carbons (Fsp3) is 0.333. The molecule has 190 valence electrons. The summed E-state index contributed by atoms with van der Waals surface area (Å²) in [6.45, 7) is -0.0449. The lowest BCUT2D eigenvalue weighted by atomic mass is 9.95. The maximum absolute atomic E-state index is 14.5. The Morgan fingerprint density at radius 1 is 1.11 bits per heavy atom. The van der Waals surface area contributed by atoms with Crippen molar-refractivity contribution in [2.75, 3.05) is 18.9 Å². The third-order valence-electron chi connectivity index (χ3n) is 6.65. The Morgan fingerprint density at radius 3 is 2.68 bits per heavy atom. The fourth-order valence-corrected chi connectivity index (χ4v) is 4.70. The number of anilines is 2. The van der Waals surface area contributed by atoms with Crippen LogP contribution in [0, 0.1) is 0 Å². The Hall–Kier alpha value is -4.26. The molecule has 6 rings (SSSR count). The third-order valence-corrected chi connectivity index (χ3v) is 6.65. The van der Waals surface area contributed by atoms with E-state index in [9.17, 15) is 18.7 Å². The van der Waals surface area contributed by atoms with Crippen molar-refractivity contribution < 1.29 is 23.2 Å². The van der Waals surface area contributed by atoms with Gasteiger partial charge in [0, 0.05) is 25.9 Å². The molecule has 1 amide bonds. The molecule has 0 spiro atoms. The van der Waals surface area contributed by atoms with E-state index in [2.05, 4.69) is 30.5 Å². The molecule has 0 aliphatic carbocycles. The van der Waals surface area contributed by atoms with Crippen molar-refractivity contribution in [2.45, 2.75) is 37.3 Å². The van der Waals surface area contributed by atoms with Crippen LogP contribution in [0.25, 0.3) is 22.8 Å². The highest BCUT2D eigenvalue weighted by Crippen LogP contribution is 2.45. The Morgan fingerprint density at radius 2 is 1.89 bits per heavy atom. The van der Waals surface area contributed by atoms with E-state index < -0.39 is 29.7 Å². The molecule has 0 unspecified atom stereocenters. The van der Waals surface area contributed by atoms with Gasteiger partial charge in [-0.25, -0.2) is 23.7 Å². The van der Waals surface area contributed by atoms with Gasteiger partial charge in [-0.1, -0.05) is 11.2 Å². The molecule has 1 atom stereocenters. The molecule has 0 radical (unpaired) electrons. The Balaban J connectivity index is 1.28. The molecule has 0 aromatic carbocycles. The number of hydrogen-bond acceptors (Lipinski definition) is 9. The van der Waals surface area contributed by atoms with Gasteiger partial charge in [-0.05, 0) is 37.5 Å². The van der Waals surface area contributed by atoms with E-state index in [-0.39, 0.29) is 11.4 Å². The summed E-state index contributed by atoms with van der Waals surface area (Å²) in [6.07, 6.45) is 6.49. The van der Waals surface area contributed by atoms with Crippen LogP contribution < -0.4 is 5.32 Å². The number of aliphatic hydroxyl groups is 1. The molecule has 4 aromatic heterocycles. The molecular formula is C24H22F2N8O3. The largest absolute Gasteiger partial charge is 0.368 e. The highest BCUT2D eigenvalue weighted by molar-refractivity contribution is 5.89. The highest BCUT2D eigenvalue weighted by Gasteiger charge is 2.68. The zero-order chi connectivity index (χ0) is 25.8. The number of pyridine rings is 1. The van der Waals surface area contributed by atoms with Gasteiger partial charge in [-0.2, -0.15) is 5.10 Å². The van der Waals surface area contributed by atoms with Crippen LogP contribution in [0.15, 0.2) is 47.2 Å². The Labute approximate surface area is 209 Å². The molecule has 0 saturated carbocycles. The van der Waals surface area contributed by atoms with E-state index in [0.717, 1.165) is 48.2 Å². The molecule has 1 fully saturated rings. The Bertz CT molecular complexity index is 1500. The number of alkyl halides is 2. The number of hydrogen-bond donors (Lipinski definition) is 2. The average molecular weight is 508 g/mol. The zero-order valence-corrected chi connectivity index (χ0v) is 19.7. The van der Waals surface area contributed by atoms with Crippen LogP contribution in [0.1, 0.15) is 24.3 Å². The first-order chi connectivity index (χ1) is 17.8. The number of nitrogens with one attached hydrogen (secondary N) is 1. The maximum Gasteiger partial charge on any atom is 0.309 e. The first kappa shape index (κ1) is 23.2. The minimum atomic E-state index is -3.75. The summed E-state index contributed by atoms with van der Waals surface area (Å²) in [4.78, 5) is 26.5. The van der Waals surface area contributed by atoms with Crippen LogP contribution in [-0.4, -0.2) is 65.3 Å². The molecule has 2 N–H and O–H groups in total. The normalized spacial score (nSPS) is 20.8. The molecule has 13 heteroatoms. The summed E-state index contributed by atoms with van der Waals surface area (Å²) in [7, 11) is 1.18. The van der Waals surface area contributed by atoms with E-state index in [0.29, 0.717) is 17.3 Å². The van der Waals surface area contributed by atoms with Crippen molar-refractivity contribution >= 4 is 17.5 Å². The van der Waals surface area contributed by atoms with Crippen molar-refractivity contribution in [2.24, 2.45) is 0 Å². The van der Waals surface area contributed by atoms with Crippen LogP contribution in [0.5, 0.6) is 0 Å². The number of fused-ring (bicyclic) bond motifs is 1. The number of carbonyl (C=O) groups is 1. The number of nitrogens with zero attached hydrogens (tertiary/aromatic N) is 7. The molecule has 2 aliphatic heterocycles. The summed E-state index contributed by atoms with van der Waals surface area (Å²) in [6, 6.07) is 7.83. The van der Waals surface area contributed by atoms with Gasteiger partial charge >= 0.3 is 5.92 Å². The average Bonchev–Trinajstić information content (AvgIpc) is 3.59. The second-order valence-electron chi connectivity index (χ2n) is 9.14. The summed E-state index contributed by atoms with van der Waals surface area (Å²) >= 11 is 0. The fourth-order valence-electron chi connectivity index (χ4n) is 4.70. The van der Waals surface area contributed by atoms with Crippen molar-refractivity contribution in [3.63, 3.8) is 0 Å². The molecule has 37 heavy (non-hydrogen) atoms. The predicted molar refractivity (Wildman–Crippen MR) is 126 cm³/mol. The number of rotatable bonds is 5. The van der Waals surface area contributed by atoms with Crippen molar-refractivity contribution in [3.8, 4) is 22.8 Å². The smallest absolute Gasteiger partial charge is 0.309 e. The van der Waals surface area contributed by atoms with Crippen LogP contribution in [0.2, 0.25) is 0 Å². The monoisotopic (exact) mass is 508 g/mol. The van der Waals surface area contributed by atoms with Gasteiger partial charge in [-0.3, -0.25) is 9.48 Å². The molecule has 11 nitrogen and oxygen atoms in total. The van der Waals surface area contributed by atoms with Gasteiger partial charge in [0.2, 0.25) is 5.95 Å². The number of likely N-dealkylation sites (N-methyl/N-ethyl adjacent to an activating group) is 1. The van der Waals surface area contributed by atoms with Crippen molar-refractivity contribution in [3.05, 3.63) is 54.2 Å². The first-order valence-electron chi connectivity index (χ1n) is 11.7. The van der Waals surface area contributed by atoms with E-state index in [1.165, 1.54) is 7.05 Å². The quantitative estimate of drug-likeness (QED) is 0.417. The second kappa shape index (κ2) is 8.40. The number of aromatic nitrogens is 6. The third kappa shape index (κ3) is 3.73. The van der Waals surface area contributed by atoms with E-state index in [1.807, 2.05) is 4.68 Å². The van der Waals surface area contributed by atoms with Gasteiger partial charge in [0.15, 0.2) is 5.76 Å². The number of likely N-dealkylation sites (tertiary alicyclic amines) is 1. The number of aryl methyl sites for hydroxylation is 1. The maximum atomic E-state index is 14.5. The lowest BCUT2D eigenvalue weighted by Gasteiger charge is -2.22. The molecule has 2 aliphatic rings. The number of carbonyl (C=O) groups excluding carboxylic acids is 1. The highest BCUT2D eigenvalue weighted by atomic mass is 19.3. The summed E-state index contributed by atoms with van der Waals surface area (Å²) in [5, 5.41) is 22.0. The zero-order valence-electron chi connectivity index (χ0n) is 19.7. The van der Waals surface area contributed by atoms with Crippen molar-refractivity contribution in [1.29, 1.82) is 0 Å². The van der Waals surface area contributed by atoms with Crippen LogP contribution in [0.4, 0.5) is 20.4 Å². The lowest BCUT2D eigenvalue weighted by Crippen LogP contribution is -2.46. The van der Waals surface area contributed by atoms with Crippen LogP contribution in [0.3, 0.4) is 0 Å². The van der Waals surface area contributed by atoms with E-state index in [1.54, 1.807) is 36.7 Å². The first-order valence-corrected chi connectivity index (χ1v) is 11.7. The van der Waals surface area contributed by atoms with Crippen molar-refractivity contribution in [1.82, 2.24) is 34.8 Å². The summed E-state index contributed by atoms with van der Waals surface area (Å²) in [5.41, 5.74) is 0.203. The topological polar surface area (TPSA) is 135 Å². The molecular weight excluding hydrogens is 486 g/mol. The van der Waals surface area contributed by atoms with Crippen LogP contribution in [-0.2, 0) is 23.4 Å². The minimum Gasteiger partial charge on any atom is -0.368 e. The predicted octanol–water partition coefficient (Wildman–Crippen LogP) is 2.76. The number of halogens is 2. The second-order valence-corrected chi connectivity index (χ2v) is 9.14. The van der Waals surface area contributed by atoms with Gasteiger partial charge < -0.3 is 19.8 Å².